The Morgan fingerprint density at radius 1 is 1.02 bits per heavy atom. The Balaban J connectivity index is 1.14. The van der Waals surface area contributed by atoms with Crippen molar-refractivity contribution in [1.29, 1.82) is 0 Å². The van der Waals surface area contributed by atoms with Gasteiger partial charge < -0.3 is 20.1 Å². The molecule has 0 spiro atoms. The van der Waals surface area contributed by atoms with Crippen molar-refractivity contribution in [2.24, 2.45) is 5.92 Å². The van der Waals surface area contributed by atoms with Gasteiger partial charge in [0.2, 0.25) is 0 Å². The highest BCUT2D eigenvalue weighted by atomic mass is 16.5. The minimum atomic E-state index is -0.256. The number of rotatable bonds is 6. The van der Waals surface area contributed by atoms with E-state index in [1.807, 2.05) is 36.4 Å². The number of pyridine rings is 1. The van der Waals surface area contributed by atoms with Gasteiger partial charge in [-0.1, -0.05) is 31.0 Å². The molecule has 2 saturated heterocycles. The van der Waals surface area contributed by atoms with E-state index in [0.717, 1.165) is 59.2 Å². The molecule has 2 aromatic carbocycles. The average molecular weight is 538 g/mol. The molecular formula is C32H35N5O3. The standard InChI is InChI=1S/C32H35N5O3/c38-26-16-24-18-40-19-25(17-26)37(24)23-11-8-21(9-12-23)30-27-15-22(10-13-28(27)35-36-30)32(39)34-31(20-5-1-2-6-20)29-7-3-4-14-33-29/h3-4,7-15,20,24-26,31,38H,1-2,5-6,16-19H2,(H,34,39)(H,35,36)/t24-,25+,26-,31-/m0/s1. The number of hydrogen-bond donors (Lipinski definition) is 3. The monoisotopic (exact) mass is 537 g/mol. The predicted molar refractivity (Wildman–Crippen MR) is 154 cm³/mol. The molecule has 3 aliphatic rings. The van der Waals surface area contributed by atoms with Crippen LogP contribution in [0.25, 0.3) is 22.2 Å². The molecule has 2 bridgehead atoms. The number of piperidine rings is 1. The molecule has 4 heterocycles. The first-order valence-corrected chi connectivity index (χ1v) is 14.5. The van der Waals surface area contributed by atoms with Gasteiger partial charge in [-0.25, -0.2) is 0 Å². The summed E-state index contributed by atoms with van der Waals surface area (Å²) < 4.78 is 5.77. The number of anilines is 1. The first-order valence-electron chi connectivity index (χ1n) is 14.5. The number of hydrogen-bond acceptors (Lipinski definition) is 6. The SMILES string of the molecule is O=C(N[C@H](c1ccccn1)C1CCCC1)c1ccc2[nH]nc(-c3ccc(N4[C@@H]5COC[C@H]4C[C@@H](O)C5)cc3)c2c1. The maximum absolute atomic E-state index is 13.5. The number of carbonyl (C=O) groups excluding carboxylic acids is 1. The highest BCUT2D eigenvalue weighted by Crippen LogP contribution is 2.37. The number of carbonyl (C=O) groups is 1. The Bertz CT molecular complexity index is 1470. The third kappa shape index (κ3) is 4.75. The van der Waals surface area contributed by atoms with E-state index in [9.17, 15) is 9.90 Å². The molecule has 1 saturated carbocycles. The number of ether oxygens (including phenoxy) is 1. The Labute approximate surface area is 233 Å². The van der Waals surface area contributed by atoms with Crippen molar-refractivity contribution in [3.05, 3.63) is 78.1 Å². The van der Waals surface area contributed by atoms with Gasteiger partial charge in [-0.15, -0.1) is 0 Å². The summed E-state index contributed by atoms with van der Waals surface area (Å²) in [5.74, 6) is 0.313. The third-order valence-corrected chi connectivity index (χ3v) is 8.92. The summed E-state index contributed by atoms with van der Waals surface area (Å²) in [5.41, 5.74) is 5.39. The first-order chi connectivity index (χ1) is 19.6. The average Bonchev–Trinajstić information content (AvgIpc) is 3.66. The Hall–Kier alpha value is -3.75. The van der Waals surface area contributed by atoms with Gasteiger partial charge in [0.1, 0.15) is 0 Å². The van der Waals surface area contributed by atoms with Crippen molar-refractivity contribution in [2.45, 2.75) is 62.8 Å². The molecule has 4 aromatic rings. The van der Waals surface area contributed by atoms with Crippen molar-refractivity contribution in [3.63, 3.8) is 0 Å². The molecule has 4 atom stereocenters. The Morgan fingerprint density at radius 3 is 2.52 bits per heavy atom. The van der Waals surface area contributed by atoms with Gasteiger partial charge in [0.15, 0.2) is 0 Å². The molecule has 3 fully saturated rings. The van der Waals surface area contributed by atoms with E-state index in [1.54, 1.807) is 6.20 Å². The molecule has 1 amide bonds. The number of nitrogens with one attached hydrogen (secondary N) is 2. The molecule has 3 N–H and O–H groups in total. The second-order valence-corrected chi connectivity index (χ2v) is 11.5. The Kier molecular flexibility index (Phi) is 6.73. The van der Waals surface area contributed by atoms with E-state index < -0.39 is 0 Å². The van der Waals surface area contributed by atoms with Gasteiger partial charge in [-0.2, -0.15) is 5.10 Å². The van der Waals surface area contributed by atoms with Crippen molar-refractivity contribution >= 4 is 22.5 Å². The van der Waals surface area contributed by atoms with Gasteiger partial charge >= 0.3 is 0 Å². The summed E-state index contributed by atoms with van der Waals surface area (Å²) in [4.78, 5) is 20.5. The fraction of sp³-hybridized carbons (Fsp3) is 0.406. The number of fused-ring (bicyclic) bond motifs is 3. The summed E-state index contributed by atoms with van der Waals surface area (Å²) >= 11 is 0. The fourth-order valence-corrected chi connectivity index (χ4v) is 6.98. The summed E-state index contributed by atoms with van der Waals surface area (Å²) in [6, 6.07) is 20.4. The van der Waals surface area contributed by atoms with E-state index >= 15 is 0 Å². The van der Waals surface area contributed by atoms with Crippen LogP contribution in [0.1, 0.15) is 60.6 Å². The van der Waals surface area contributed by atoms with Crippen molar-refractivity contribution in [1.82, 2.24) is 20.5 Å². The minimum absolute atomic E-state index is 0.0898. The van der Waals surface area contributed by atoms with Gasteiger partial charge in [-0.05, 0) is 74.1 Å². The second-order valence-electron chi connectivity index (χ2n) is 11.5. The lowest BCUT2D eigenvalue weighted by Gasteiger charge is -2.48. The van der Waals surface area contributed by atoms with Gasteiger partial charge in [0, 0.05) is 28.4 Å². The largest absolute Gasteiger partial charge is 0.393 e. The molecule has 8 heteroatoms. The minimum Gasteiger partial charge on any atom is -0.393 e. The lowest BCUT2D eigenvalue weighted by atomic mass is 9.91. The number of morpholine rings is 1. The topological polar surface area (TPSA) is 103 Å². The van der Waals surface area contributed by atoms with Gasteiger partial charge in [0.25, 0.3) is 5.91 Å². The van der Waals surface area contributed by atoms with Crippen LogP contribution in [0.5, 0.6) is 0 Å². The normalized spacial score (nSPS) is 23.8. The maximum atomic E-state index is 13.5. The van der Waals surface area contributed by atoms with E-state index in [4.69, 9.17) is 4.74 Å². The highest BCUT2D eigenvalue weighted by Gasteiger charge is 2.38. The molecule has 2 aliphatic heterocycles. The van der Waals surface area contributed by atoms with Crippen LogP contribution in [0.3, 0.4) is 0 Å². The molecule has 0 radical (unpaired) electrons. The summed E-state index contributed by atoms with van der Waals surface area (Å²) in [6.45, 7) is 1.29. The molecule has 40 heavy (non-hydrogen) atoms. The van der Waals surface area contributed by atoms with Crippen LogP contribution in [-0.4, -0.2) is 57.6 Å². The number of aliphatic hydroxyl groups excluding tert-OH is 1. The predicted octanol–water partition coefficient (Wildman–Crippen LogP) is 5.01. The Morgan fingerprint density at radius 2 is 1.80 bits per heavy atom. The number of H-pyrrole nitrogens is 1. The number of aliphatic hydroxyl groups is 1. The number of aromatic nitrogens is 3. The van der Waals surface area contributed by atoms with Crippen molar-refractivity contribution < 1.29 is 14.6 Å². The van der Waals surface area contributed by atoms with Crippen LogP contribution >= 0.6 is 0 Å². The zero-order chi connectivity index (χ0) is 27.1. The van der Waals surface area contributed by atoms with Crippen LogP contribution in [-0.2, 0) is 4.74 Å². The lowest BCUT2D eigenvalue weighted by Crippen LogP contribution is -2.58. The first kappa shape index (κ1) is 25.2. The van der Waals surface area contributed by atoms with Crippen LogP contribution in [0.4, 0.5) is 5.69 Å². The number of nitrogens with zero attached hydrogens (tertiary/aromatic N) is 3. The van der Waals surface area contributed by atoms with E-state index in [1.165, 1.54) is 12.8 Å². The van der Waals surface area contributed by atoms with E-state index in [-0.39, 0.29) is 30.1 Å². The van der Waals surface area contributed by atoms with Crippen molar-refractivity contribution in [3.8, 4) is 11.3 Å². The van der Waals surface area contributed by atoms with Gasteiger partial charge in [-0.3, -0.25) is 14.9 Å². The zero-order valence-electron chi connectivity index (χ0n) is 22.5. The van der Waals surface area contributed by atoms with Crippen LogP contribution in [0, 0.1) is 5.92 Å². The smallest absolute Gasteiger partial charge is 0.251 e. The summed E-state index contributed by atoms with van der Waals surface area (Å²) in [5, 5.41) is 22.2. The third-order valence-electron chi connectivity index (χ3n) is 8.92. The van der Waals surface area contributed by atoms with Crippen LogP contribution < -0.4 is 10.2 Å². The van der Waals surface area contributed by atoms with E-state index in [2.05, 4.69) is 49.7 Å². The molecule has 7 rings (SSSR count). The summed E-state index contributed by atoms with van der Waals surface area (Å²) in [7, 11) is 0. The highest BCUT2D eigenvalue weighted by molar-refractivity contribution is 6.01. The molecule has 206 valence electrons. The molecule has 0 unspecified atom stereocenters. The van der Waals surface area contributed by atoms with Crippen molar-refractivity contribution in [2.75, 3.05) is 18.1 Å². The quantitative estimate of drug-likeness (QED) is 0.319. The second kappa shape index (κ2) is 10.7. The maximum Gasteiger partial charge on any atom is 0.251 e. The number of benzene rings is 2. The fourth-order valence-electron chi connectivity index (χ4n) is 6.98. The van der Waals surface area contributed by atoms with Gasteiger partial charge in [0.05, 0.1) is 54.3 Å². The van der Waals surface area contributed by atoms with Crippen LogP contribution in [0.15, 0.2) is 66.9 Å². The lowest BCUT2D eigenvalue weighted by molar-refractivity contribution is 0.00124. The summed E-state index contributed by atoms with van der Waals surface area (Å²) in [6.07, 6.45) is 7.61. The van der Waals surface area contributed by atoms with Crippen LogP contribution in [0.2, 0.25) is 0 Å². The molecule has 2 aromatic heterocycles. The molecule has 8 nitrogen and oxygen atoms in total. The number of amides is 1. The zero-order valence-corrected chi connectivity index (χ0v) is 22.5. The molecule has 1 aliphatic carbocycles. The number of aromatic amines is 1. The molecular weight excluding hydrogens is 502 g/mol. The van der Waals surface area contributed by atoms with E-state index in [0.29, 0.717) is 24.7 Å².